The van der Waals surface area contributed by atoms with Gasteiger partial charge < -0.3 is 4.57 Å². The molecule has 2 aromatic carbocycles. The Morgan fingerprint density at radius 3 is 2.29 bits per heavy atom. The maximum Gasteiger partial charge on any atom is 0.150 e. The Bertz CT molecular complexity index is 917. The second kappa shape index (κ2) is 5.06. The minimum Gasteiger partial charge on any atom is -0.310 e. The second-order valence-corrected chi connectivity index (χ2v) is 5.17. The van der Waals surface area contributed by atoms with E-state index < -0.39 is 0 Å². The number of aldehydes is 1. The molecule has 1 heterocycles. The lowest BCUT2D eigenvalue weighted by molar-refractivity contribution is 0.112. The van der Waals surface area contributed by atoms with Crippen molar-refractivity contribution in [2.24, 2.45) is 0 Å². The van der Waals surface area contributed by atoms with Gasteiger partial charge in [-0.15, -0.1) is 0 Å². The van der Waals surface area contributed by atoms with Crippen LogP contribution in [-0.2, 0) is 6.42 Å². The van der Waals surface area contributed by atoms with Gasteiger partial charge in [-0.2, -0.15) is 0 Å². The quantitative estimate of drug-likeness (QED) is 0.674. The summed E-state index contributed by atoms with van der Waals surface area (Å²) in [5, 5.41) is 4.12. The van der Waals surface area contributed by atoms with Gasteiger partial charge in [-0.25, -0.2) is 0 Å². The van der Waals surface area contributed by atoms with Crippen molar-refractivity contribution in [1.29, 1.82) is 0 Å². The third-order valence-electron chi connectivity index (χ3n) is 3.94. The maximum absolute atomic E-state index is 10.8. The Hall–Kier alpha value is -2.61. The van der Waals surface area contributed by atoms with E-state index in [2.05, 4.69) is 38.3 Å². The van der Waals surface area contributed by atoms with E-state index in [0.29, 0.717) is 5.56 Å². The molecule has 0 radical (unpaired) electrons. The Morgan fingerprint density at radius 1 is 1.00 bits per heavy atom. The average Bonchev–Trinajstić information content (AvgIpc) is 2.78. The van der Waals surface area contributed by atoms with Crippen molar-refractivity contribution in [1.82, 2.24) is 4.57 Å². The molecule has 0 unspecified atom stereocenters. The molecule has 0 spiro atoms. The highest BCUT2D eigenvalue weighted by Gasteiger charge is 2.07. The van der Waals surface area contributed by atoms with Gasteiger partial charge in [-0.3, -0.25) is 4.79 Å². The largest absolute Gasteiger partial charge is 0.310 e. The number of nitrogens with zero attached hydrogens (tertiary/aromatic N) is 1. The fourth-order valence-electron chi connectivity index (χ4n) is 2.72. The molecule has 2 nitrogen and oxygen atoms in total. The number of aromatic nitrogens is 1. The summed E-state index contributed by atoms with van der Waals surface area (Å²) in [6.07, 6.45) is 1.85. The first-order valence-electron chi connectivity index (χ1n) is 7.02. The zero-order valence-corrected chi connectivity index (χ0v) is 12.1. The smallest absolute Gasteiger partial charge is 0.150 e. The lowest BCUT2D eigenvalue weighted by atomic mass is 10.1. The van der Waals surface area contributed by atoms with Crippen LogP contribution in [0.15, 0.2) is 42.5 Å². The Morgan fingerprint density at radius 2 is 1.67 bits per heavy atom. The highest BCUT2D eigenvalue weighted by molar-refractivity contribution is 5.85. The highest BCUT2D eigenvalue weighted by atomic mass is 16.1. The van der Waals surface area contributed by atoms with Gasteiger partial charge >= 0.3 is 0 Å². The van der Waals surface area contributed by atoms with Crippen LogP contribution in [-0.4, -0.2) is 10.9 Å². The molecular weight excluding hydrogens is 258 g/mol. The number of rotatable bonds is 3. The molecule has 0 fully saturated rings. The molecule has 0 bridgehead atoms. The van der Waals surface area contributed by atoms with Crippen LogP contribution in [0.3, 0.4) is 0 Å². The van der Waals surface area contributed by atoms with Crippen LogP contribution in [0, 0.1) is 0 Å². The third-order valence-corrected chi connectivity index (χ3v) is 3.94. The lowest BCUT2D eigenvalue weighted by Gasteiger charge is -2.04. The number of hydrogen-bond donors (Lipinski definition) is 0. The molecular formula is C19H17NO. The summed E-state index contributed by atoms with van der Waals surface area (Å²) in [4.78, 5) is 10.8. The van der Waals surface area contributed by atoms with E-state index in [-0.39, 0.29) is 0 Å². The SMILES string of the molecule is C=c1c2ccc(CC)cc2c(=C)n1-c1ccc(C=O)cc1. The third kappa shape index (κ3) is 2.09. The van der Waals surface area contributed by atoms with Gasteiger partial charge in [0.25, 0.3) is 0 Å². The van der Waals surface area contributed by atoms with Gasteiger partial charge in [0.05, 0.1) is 0 Å². The summed E-state index contributed by atoms with van der Waals surface area (Å²) in [6.45, 7) is 10.6. The summed E-state index contributed by atoms with van der Waals surface area (Å²) in [6, 6.07) is 13.9. The van der Waals surface area contributed by atoms with Crippen molar-refractivity contribution in [3.05, 3.63) is 64.3 Å². The summed E-state index contributed by atoms with van der Waals surface area (Å²) in [7, 11) is 0. The number of carbonyl (C=O) groups excluding carboxylic acids is 1. The maximum atomic E-state index is 10.8. The monoisotopic (exact) mass is 275 g/mol. The summed E-state index contributed by atoms with van der Waals surface area (Å²) < 4.78 is 2.04. The van der Waals surface area contributed by atoms with Gasteiger partial charge in [0.2, 0.25) is 0 Å². The molecule has 0 aliphatic carbocycles. The van der Waals surface area contributed by atoms with E-state index in [1.54, 1.807) is 0 Å². The molecule has 0 aliphatic rings. The molecule has 0 saturated carbocycles. The van der Waals surface area contributed by atoms with Crippen molar-refractivity contribution in [3.63, 3.8) is 0 Å². The van der Waals surface area contributed by atoms with Gasteiger partial charge in [0.15, 0.2) is 0 Å². The molecule has 0 atom stereocenters. The van der Waals surface area contributed by atoms with Crippen molar-refractivity contribution in [2.75, 3.05) is 0 Å². The number of hydrogen-bond acceptors (Lipinski definition) is 1. The van der Waals surface area contributed by atoms with E-state index in [4.69, 9.17) is 0 Å². The normalized spacial score (nSPS) is 10.9. The van der Waals surface area contributed by atoms with Crippen molar-refractivity contribution < 1.29 is 4.79 Å². The van der Waals surface area contributed by atoms with E-state index in [1.165, 1.54) is 5.56 Å². The molecule has 0 saturated heterocycles. The van der Waals surface area contributed by atoms with E-state index >= 15 is 0 Å². The van der Waals surface area contributed by atoms with Gasteiger partial charge in [0.1, 0.15) is 6.29 Å². The minimum atomic E-state index is 0.667. The van der Waals surface area contributed by atoms with Crippen LogP contribution in [0.4, 0.5) is 0 Å². The average molecular weight is 275 g/mol. The highest BCUT2D eigenvalue weighted by Crippen LogP contribution is 2.13. The molecule has 0 amide bonds. The minimum absolute atomic E-state index is 0.667. The fraction of sp³-hybridized carbons (Fsp3) is 0.105. The second-order valence-electron chi connectivity index (χ2n) is 5.17. The molecule has 3 rings (SSSR count). The molecule has 21 heavy (non-hydrogen) atoms. The molecule has 1 aromatic heterocycles. The number of fused-ring (bicyclic) bond motifs is 1. The molecule has 104 valence electrons. The van der Waals surface area contributed by atoms with Crippen molar-refractivity contribution in [3.8, 4) is 5.69 Å². The first-order valence-corrected chi connectivity index (χ1v) is 7.02. The van der Waals surface area contributed by atoms with E-state index in [1.807, 2.05) is 28.8 Å². The van der Waals surface area contributed by atoms with Crippen molar-refractivity contribution in [2.45, 2.75) is 13.3 Å². The topological polar surface area (TPSA) is 22.0 Å². The Balaban J connectivity index is 2.29. The van der Waals surface area contributed by atoms with E-state index in [0.717, 1.165) is 39.9 Å². The predicted molar refractivity (Wildman–Crippen MR) is 88.3 cm³/mol. The Kier molecular flexibility index (Phi) is 3.22. The Labute approximate surface area is 123 Å². The lowest BCUT2D eigenvalue weighted by Crippen LogP contribution is -2.22. The van der Waals surface area contributed by atoms with Crippen LogP contribution in [0.5, 0.6) is 0 Å². The number of carbonyl (C=O) groups is 1. The van der Waals surface area contributed by atoms with E-state index in [9.17, 15) is 4.79 Å². The standard InChI is InChI=1S/C19H17NO/c1-4-15-7-10-18-13(2)20(14(3)19(18)11-15)17-8-5-16(12-21)6-9-17/h5-12H,2-4H2,1H3. The predicted octanol–water partition coefficient (Wildman–Crippen LogP) is 2.83. The van der Waals surface area contributed by atoms with Gasteiger partial charge in [-0.1, -0.05) is 32.2 Å². The van der Waals surface area contributed by atoms with Gasteiger partial charge in [-0.05, 0) is 42.3 Å². The van der Waals surface area contributed by atoms with Crippen LogP contribution in [0.25, 0.3) is 29.6 Å². The molecule has 3 aromatic rings. The number of aryl methyl sites for hydroxylation is 1. The zero-order valence-electron chi connectivity index (χ0n) is 12.1. The summed E-state index contributed by atoms with van der Waals surface area (Å²) >= 11 is 0. The summed E-state index contributed by atoms with van der Waals surface area (Å²) in [5.74, 6) is 0. The fourth-order valence-corrected chi connectivity index (χ4v) is 2.72. The first-order chi connectivity index (χ1) is 10.2. The first kappa shape index (κ1) is 13.4. The van der Waals surface area contributed by atoms with Crippen LogP contribution >= 0.6 is 0 Å². The number of benzene rings is 2. The summed E-state index contributed by atoms with van der Waals surface area (Å²) in [5.41, 5.74) is 2.94. The van der Waals surface area contributed by atoms with Crippen LogP contribution in [0.2, 0.25) is 0 Å². The van der Waals surface area contributed by atoms with Gasteiger partial charge in [0, 0.05) is 32.7 Å². The zero-order chi connectivity index (χ0) is 15.0. The molecule has 0 N–H and O–H groups in total. The van der Waals surface area contributed by atoms with Crippen molar-refractivity contribution >= 4 is 30.2 Å². The molecule has 0 aliphatic heterocycles. The van der Waals surface area contributed by atoms with Crippen LogP contribution < -0.4 is 10.7 Å². The van der Waals surface area contributed by atoms with Crippen LogP contribution in [0.1, 0.15) is 22.8 Å². The molecule has 2 heteroatoms.